The Labute approximate surface area is 226 Å². The molecule has 0 fully saturated rings. The molecule has 0 saturated heterocycles. The van der Waals surface area contributed by atoms with E-state index in [4.69, 9.17) is 0 Å². The van der Waals surface area contributed by atoms with Crippen LogP contribution in [0.4, 0.5) is 5.69 Å². The molecule has 0 aliphatic rings. The van der Waals surface area contributed by atoms with E-state index in [0.717, 1.165) is 32.1 Å². The lowest BCUT2D eigenvalue weighted by molar-refractivity contribution is -0.122. The van der Waals surface area contributed by atoms with Crippen LogP contribution in [0, 0.1) is 0 Å². The van der Waals surface area contributed by atoms with Crippen LogP contribution in [0.5, 0.6) is 0 Å². The molecule has 1 aromatic carbocycles. The summed E-state index contributed by atoms with van der Waals surface area (Å²) in [5, 5.41) is 2.90. The molecule has 0 heterocycles. The SMILES string of the molecule is CCCCCCCCCCCCCCCC(=O)Nc1ccc(C(=O)NNC(=O)CCCCCCC)cc1. The summed E-state index contributed by atoms with van der Waals surface area (Å²) in [4.78, 5) is 36.3. The maximum Gasteiger partial charge on any atom is 0.269 e. The fraction of sp³-hybridized carbons (Fsp3) is 0.710. The van der Waals surface area contributed by atoms with E-state index in [1.807, 2.05) is 0 Å². The molecule has 0 aromatic heterocycles. The zero-order valence-electron chi connectivity index (χ0n) is 23.7. The molecule has 0 aliphatic heterocycles. The highest BCUT2D eigenvalue weighted by molar-refractivity contribution is 5.96. The zero-order chi connectivity index (χ0) is 27.0. The molecule has 0 unspecified atom stereocenters. The summed E-state index contributed by atoms with van der Waals surface area (Å²) in [5.74, 6) is -0.544. The van der Waals surface area contributed by atoms with E-state index in [1.54, 1.807) is 24.3 Å². The Kier molecular flexibility index (Phi) is 20.1. The first-order chi connectivity index (χ1) is 18.1. The zero-order valence-corrected chi connectivity index (χ0v) is 23.7. The van der Waals surface area contributed by atoms with Crippen molar-refractivity contribution in [2.45, 2.75) is 142 Å². The van der Waals surface area contributed by atoms with Gasteiger partial charge in [0.15, 0.2) is 0 Å². The van der Waals surface area contributed by atoms with Gasteiger partial charge in [-0.1, -0.05) is 117 Å². The van der Waals surface area contributed by atoms with E-state index in [0.29, 0.717) is 24.1 Å². The number of carbonyl (C=O) groups is 3. The molecule has 0 saturated carbocycles. The summed E-state index contributed by atoms with van der Waals surface area (Å²) in [6.45, 7) is 4.42. The first-order valence-electron chi connectivity index (χ1n) is 15.1. The van der Waals surface area contributed by atoms with Crippen LogP contribution >= 0.6 is 0 Å². The number of benzene rings is 1. The predicted octanol–water partition coefficient (Wildman–Crippen LogP) is 8.23. The number of unbranched alkanes of at least 4 members (excludes halogenated alkanes) is 16. The minimum absolute atomic E-state index is 0.00599. The van der Waals surface area contributed by atoms with E-state index in [-0.39, 0.29) is 17.7 Å². The number of amides is 3. The van der Waals surface area contributed by atoms with Gasteiger partial charge in [0.2, 0.25) is 11.8 Å². The van der Waals surface area contributed by atoms with Crippen molar-refractivity contribution < 1.29 is 14.4 Å². The van der Waals surface area contributed by atoms with Gasteiger partial charge in [0.25, 0.3) is 5.91 Å². The van der Waals surface area contributed by atoms with Crippen LogP contribution in [-0.2, 0) is 9.59 Å². The third-order valence-corrected chi connectivity index (χ3v) is 6.76. The third kappa shape index (κ3) is 18.5. The maximum atomic E-state index is 12.2. The number of rotatable bonds is 22. The summed E-state index contributed by atoms with van der Waals surface area (Å²) in [6.07, 6.45) is 23.0. The lowest BCUT2D eigenvalue weighted by Crippen LogP contribution is -2.41. The fourth-order valence-corrected chi connectivity index (χ4v) is 4.38. The lowest BCUT2D eigenvalue weighted by atomic mass is 10.0. The van der Waals surface area contributed by atoms with Crippen LogP contribution in [0.2, 0.25) is 0 Å². The van der Waals surface area contributed by atoms with E-state index >= 15 is 0 Å². The van der Waals surface area contributed by atoms with E-state index in [9.17, 15) is 14.4 Å². The number of carbonyl (C=O) groups excluding carboxylic acids is 3. The van der Waals surface area contributed by atoms with Crippen molar-refractivity contribution in [2.75, 3.05) is 5.32 Å². The summed E-state index contributed by atoms with van der Waals surface area (Å²) >= 11 is 0. The molecule has 1 aromatic rings. The van der Waals surface area contributed by atoms with E-state index < -0.39 is 0 Å². The van der Waals surface area contributed by atoms with Gasteiger partial charge in [-0.2, -0.15) is 0 Å². The van der Waals surface area contributed by atoms with Crippen molar-refractivity contribution in [3.8, 4) is 0 Å². The molecule has 0 bridgehead atoms. The maximum absolute atomic E-state index is 12.2. The van der Waals surface area contributed by atoms with E-state index in [1.165, 1.54) is 83.5 Å². The van der Waals surface area contributed by atoms with Gasteiger partial charge in [-0.3, -0.25) is 25.2 Å². The minimum atomic E-state index is -0.371. The van der Waals surface area contributed by atoms with Crippen LogP contribution in [0.1, 0.15) is 153 Å². The van der Waals surface area contributed by atoms with Gasteiger partial charge in [-0.25, -0.2) is 0 Å². The molecule has 3 amide bonds. The first kappa shape index (κ1) is 32.7. The number of anilines is 1. The molecule has 0 aliphatic carbocycles. The average Bonchev–Trinajstić information content (AvgIpc) is 2.90. The summed E-state index contributed by atoms with van der Waals surface area (Å²) in [5.41, 5.74) is 6.02. The van der Waals surface area contributed by atoms with Crippen LogP contribution in [0.25, 0.3) is 0 Å². The van der Waals surface area contributed by atoms with Crippen molar-refractivity contribution in [3.05, 3.63) is 29.8 Å². The molecule has 0 spiro atoms. The monoisotopic (exact) mass is 515 g/mol. The van der Waals surface area contributed by atoms with Gasteiger partial charge >= 0.3 is 0 Å². The highest BCUT2D eigenvalue weighted by Crippen LogP contribution is 2.14. The smallest absolute Gasteiger partial charge is 0.269 e. The Morgan fingerprint density at radius 3 is 1.38 bits per heavy atom. The minimum Gasteiger partial charge on any atom is -0.326 e. The Morgan fingerprint density at radius 1 is 0.514 bits per heavy atom. The fourth-order valence-electron chi connectivity index (χ4n) is 4.38. The van der Waals surface area contributed by atoms with Crippen LogP contribution in [-0.4, -0.2) is 17.7 Å². The Balaban J connectivity index is 2.07. The van der Waals surface area contributed by atoms with Gasteiger partial charge in [0.1, 0.15) is 0 Å². The summed E-state index contributed by atoms with van der Waals surface area (Å²) in [6, 6.07) is 6.72. The topological polar surface area (TPSA) is 87.3 Å². The highest BCUT2D eigenvalue weighted by Gasteiger charge is 2.08. The number of hydrazine groups is 1. The lowest BCUT2D eigenvalue weighted by Gasteiger charge is -2.09. The van der Waals surface area contributed by atoms with Gasteiger partial charge < -0.3 is 5.32 Å². The third-order valence-electron chi connectivity index (χ3n) is 6.76. The van der Waals surface area contributed by atoms with Crippen molar-refractivity contribution in [1.82, 2.24) is 10.9 Å². The standard InChI is InChI=1S/C31H53N3O3/c1-3-5-7-9-10-11-12-13-14-15-16-18-19-21-29(35)32-28-25-23-27(24-26-28)31(37)34-33-30(36)22-20-17-8-6-4-2/h23-26H,3-22H2,1-2H3,(H,32,35)(H,33,36)(H,34,37). The number of hydrogen-bond donors (Lipinski definition) is 3. The summed E-state index contributed by atoms with van der Waals surface area (Å²) in [7, 11) is 0. The quantitative estimate of drug-likeness (QED) is 0.107. The van der Waals surface area contributed by atoms with Gasteiger partial charge in [0.05, 0.1) is 0 Å². The summed E-state index contributed by atoms with van der Waals surface area (Å²) < 4.78 is 0. The van der Waals surface area contributed by atoms with E-state index in [2.05, 4.69) is 30.0 Å². The second kappa shape index (κ2) is 22.8. The van der Waals surface area contributed by atoms with Crippen molar-refractivity contribution >= 4 is 23.4 Å². The van der Waals surface area contributed by atoms with Crippen LogP contribution in [0.3, 0.4) is 0 Å². The van der Waals surface area contributed by atoms with Gasteiger partial charge in [0, 0.05) is 24.1 Å². The Bertz CT molecular complexity index is 734. The normalized spacial score (nSPS) is 10.8. The molecule has 0 radical (unpaired) electrons. The molecule has 0 atom stereocenters. The van der Waals surface area contributed by atoms with Crippen LogP contribution in [0.15, 0.2) is 24.3 Å². The van der Waals surface area contributed by atoms with Crippen molar-refractivity contribution in [3.63, 3.8) is 0 Å². The van der Waals surface area contributed by atoms with Crippen LogP contribution < -0.4 is 16.2 Å². The number of nitrogens with one attached hydrogen (secondary N) is 3. The Morgan fingerprint density at radius 2 is 0.919 bits per heavy atom. The predicted molar refractivity (Wildman–Crippen MR) is 154 cm³/mol. The molecular weight excluding hydrogens is 462 g/mol. The molecule has 210 valence electrons. The molecule has 3 N–H and O–H groups in total. The van der Waals surface area contributed by atoms with Gasteiger partial charge in [-0.15, -0.1) is 0 Å². The average molecular weight is 516 g/mol. The van der Waals surface area contributed by atoms with Crippen molar-refractivity contribution in [2.24, 2.45) is 0 Å². The van der Waals surface area contributed by atoms with Crippen molar-refractivity contribution in [1.29, 1.82) is 0 Å². The highest BCUT2D eigenvalue weighted by atomic mass is 16.2. The molecule has 6 nitrogen and oxygen atoms in total. The molecule has 1 rings (SSSR count). The first-order valence-corrected chi connectivity index (χ1v) is 15.1. The largest absolute Gasteiger partial charge is 0.326 e. The molecule has 37 heavy (non-hydrogen) atoms. The Hall–Kier alpha value is -2.37. The molecule has 6 heteroatoms. The second-order valence-corrected chi connectivity index (χ2v) is 10.3. The number of hydrogen-bond acceptors (Lipinski definition) is 3. The van der Waals surface area contributed by atoms with Gasteiger partial charge in [-0.05, 0) is 37.1 Å². The second-order valence-electron chi connectivity index (χ2n) is 10.3. The molecular formula is C31H53N3O3.